The summed E-state index contributed by atoms with van der Waals surface area (Å²) in [5.74, 6) is -0.516. The first-order valence-electron chi connectivity index (χ1n) is 6.45. The summed E-state index contributed by atoms with van der Waals surface area (Å²) in [7, 11) is 2.95. The van der Waals surface area contributed by atoms with Crippen LogP contribution in [0.3, 0.4) is 0 Å². The van der Waals surface area contributed by atoms with Crippen molar-refractivity contribution in [3.05, 3.63) is 52.1 Å². The average molecular weight is 356 g/mol. The maximum absolute atomic E-state index is 11.2. The number of nitrogens with one attached hydrogen (secondary N) is 1. The van der Waals surface area contributed by atoms with E-state index in [1.807, 2.05) is 0 Å². The first-order chi connectivity index (χ1) is 11.0. The van der Waals surface area contributed by atoms with Crippen LogP contribution in [0.4, 0.5) is 17.1 Å². The molecule has 0 spiro atoms. The number of rotatable bonds is 6. The molecule has 0 fully saturated rings. The topological polar surface area (TPSA) is 114 Å². The fourth-order valence-corrected chi connectivity index (χ4v) is 2.00. The van der Waals surface area contributed by atoms with Gasteiger partial charge in [-0.25, -0.2) is 0 Å². The summed E-state index contributed by atoms with van der Waals surface area (Å²) in [5.41, 5.74) is 0.0976. The van der Waals surface area contributed by atoms with Gasteiger partial charge in [0.15, 0.2) is 11.5 Å². The molecule has 2 rings (SSSR count). The second-order valence-corrected chi connectivity index (χ2v) is 4.47. The standard InChI is InChI=1S/C15H14N2O6.K/c1-22-13-6-3-9(7-14(13)23-2)16-12-8-10(17(20)21)4-5-11(12)15(18)19;/h3-8,16H,1-2H3,(H,18,19);/q;+1/p-1. The fourth-order valence-electron chi connectivity index (χ4n) is 2.00. The van der Waals surface area contributed by atoms with Crippen LogP contribution in [0.2, 0.25) is 0 Å². The summed E-state index contributed by atoms with van der Waals surface area (Å²) in [5, 5.41) is 24.8. The van der Waals surface area contributed by atoms with Crippen molar-refractivity contribution in [3.8, 4) is 11.5 Å². The molecule has 2 aromatic rings. The summed E-state index contributed by atoms with van der Waals surface area (Å²) in [6, 6.07) is 8.18. The molecule has 24 heavy (non-hydrogen) atoms. The zero-order valence-corrected chi connectivity index (χ0v) is 16.5. The Morgan fingerprint density at radius 2 is 1.75 bits per heavy atom. The van der Waals surface area contributed by atoms with Crippen LogP contribution >= 0.6 is 0 Å². The first-order valence-corrected chi connectivity index (χ1v) is 6.45. The molecule has 0 heterocycles. The molecule has 0 bridgehead atoms. The number of carbonyl (C=O) groups is 1. The smallest absolute Gasteiger partial charge is 0.545 e. The molecule has 0 aliphatic heterocycles. The number of methoxy groups -OCH3 is 2. The number of nitrogens with zero attached hydrogens (tertiary/aromatic N) is 1. The third-order valence-electron chi connectivity index (χ3n) is 3.10. The predicted molar refractivity (Wildman–Crippen MR) is 80.3 cm³/mol. The molecule has 0 aromatic heterocycles. The quantitative estimate of drug-likeness (QED) is 0.390. The van der Waals surface area contributed by atoms with Crippen molar-refractivity contribution in [3.63, 3.8) is 0 Å². The van der Waals surface area contributed by atoms with Crippen molar-refractivity contribution < 1.29 is 75.7 Å². The number of carboxylic acid groups (broad SMARTS) is 1. The molecule has 120 valence electrons. The number of hydrogen-bond donors (Lipinski definition) is 1. The largest absolute Gasteiger partial charge is 1.00 e. The van der Waals surface area contributed by atoms with Gasteiger partial charge in [0.2, 0.25) is 0 Å². The molecular formula is C15H13KN2O6. The monoisotopic (exact) mass is 356 g/mol. The second-order valence-electron chi connectivity index (χ2n) is 4.47. The summed E-state index contributed by atoms with van der Waals surface area (Å²) in [4.78, 5) is 21.4. The molecular weight excluding hydrogens is 343 g/mol. The Morgan fingerprint density at radius 3 is 2.29 bits per heavy atom. The van der Waals surface area contributed by atoms with Crippen LogP contribution in [-0.4, -0.2) is 25.1 Å². The number of carboxylic acids is 1. The van der Waals surface area contributed by atoms with Crippen molar-refractivity contribution in [2.24, 2.45) is 0 Å². The van der Waals surface area contributed by atoms with E-state index in [0.717, 1.165) is 18.2 Å². The molecule has 9 heteroatoms. The van der Waals surface area contributed by atoms with E-state index in [4.69, 9.17) is 9.47 Å². The number of aromatic carboxylic acids is 1. The molecule has 1 N–H and O–H groups in total. The number of carbonyl (C=O) groups excluding carboxylic acids is 1. The zero-order chi connectivity index (χ0) is 17.0. The van der Waals surface area contributed by atoms with Gasteiger partial charge in [0.05, 0.1) is 30.8 Å². The van der Waals surface area contributed by atoms with E-state index in [-0.39, 0.29) is 68.3 Å². The second kappa shape index (κ2) is 8.99. The predicted octanol–water partition coefficient (Wildman–Crippen LogP) is -1.28. The van der Waals surface area contributed by atoms with Gasteiger partial charge >= 0.3 is 51.4 Å². The van der Waals surface area contributed by atoms with Crippen LogP contribution in [0.1, 0.15) is 10.4 Å². The van der Waals surface area contributed by atoms with Gasteiger partial charge in [-0.3, -0.25) is 10.1 Å². The number of non-ortho nitro benzene ring substituents is 1. The molecule has 0 unspecified atom stereocenters. The molecule has 0 radical (unpaired) electrons. The number of benzene rings is 2. The molecule has 0 amide bonds. The summed E-state index contributed by atoms with van der Waals surface area (Å²) in [6.07, 6.45) is 0. The number of anilines is 2. The maximum atomic E-state index is 11.2. The Labute approximate surface area is 180 Å². The normalized spacial score (nSPS) is 9.58. The minimum absolute atomic E-state index is 0. The van der Waals surface area contributed by atoms with Gasteiger partial charge in [0.25, 0.3) is 5.69 Å². The first kappa shape index (κ1) is 20.4. The third kappa shape index (κ3) is 4.68. The van der Waals surface area contributed by atoms with Crippen LogP contribution in [0.25, 0.3) is 0 Å². The van der Waals surface area contributed by atoms with Crippen LogP contribution in [-0.2, 0) is 0 Å². The van der Waals surface area contributed by atoms with Crippen LogP contribution < -0.4 is 71.3 Å². The van der Waals surface area contributed by atoms with Gasteiger partial charge in [-0.15, -0.1) is 0 Å². The fraction of sp³-hybridized carbons (Fsp3) is 0.133. The van der Waals surface area contributed by atoms with Crippen LogP contribution in [0.5, 0.6) is 11.5 Å². The molecule has 0 aliphatic rings. The summed E-state index contributed by atoms with van der Waals surface area (Å²) < 4.78 is 10.3. The van der Waals surface area contributed by atoms with Crippen LogP contribution in [0, 0.1) is 10.1 Å². The van der Waals surface area contributed by atoms with Crippen molar-refractivity contribution in [1.82, 2.24) is 0 Å². The van der Waals surface area contributed by atoms with E-state index in [0.29, 0.717) is 17.2 Å². The molecule has 0 atom stereocenters. The minimum atomic E-state index is -1.44. The molecule has 0 saturated carbocycles. The van der Waals surface area contributed by atoms with Crippen molar-refractivity contribution in [1.29, 1.82) is 0 Å². The SMILES string of the molecule is COc1ccc(Nc2cc([N+](=O)[O-])ccc2C(=O)[O-])cc1OC.[K+]. The Hall–Kier alpha value is -1.65. The number of nitro benzene ring substituents is 1. The van der Waals surface area contributed by atoms with Gasteiger partial charge in [0, 0.05) is 29.4 Å². The van der Waals surface area contributed by atoms with Gasteiger partial charge < -0.3 is 24.7 Å². The Balaban J connectivity index is 0.00000288. The molecule has 0 saturated heterocycles. The minimum Gasteiger partial charge on any atom is -0.545 e. The Kier molecular flexibility index (Phi) is 7.64. The molecule has 0 aliphatic carbocycles. The molecule has 8 nitrogen and oxygen atoms in total. The zero-order valence-electron chi connectivity index (χ0n) is 13.4. The van der Waals surface area contributed by atoms with Crippen molar-refractivity contribution >= 4 is 23.0 Å². The number of nitro groups is 1. The number of hydrogen-bond acceptors (Lipinski definition) is 7. The van der Waals surface area contributed by atoms with Crippen molar-refractivity contribution in [2.75, 3.05) is 19.5 Å². The molecule has 2 aromatic carbocycles. The van der Waals surface area contributed by atoms with E-state index < -0.39 is 10.9 Å². The Morgan fingerprint density at radius 1 is 1.08 bits per heavy atom. The van der Waals surface area contributed by atoms with Gasteiger partial charge in [-0.05, 0) is 18.2 Å². The van der Waals surface area contributed by atoms with Crippen molar-refractivity contribution in [2.45, 2.75) is 0 Å². The summed E-state index contributed by atoms with van der Waals surface area (Å²) in [6.45, 7) is 0. The summed E-state index contributed by atoms with van der Waals surface area (Å²) >= 11 is 0. The van der Waals surface area contributed by atoms with E-state index in [2.05, 4.69) is 5.32 Å². The average Bonchev–Trinajstić information content (AvgIpc) is 2.54. The van der Waals surface area contributed by atoms with Gasteiger partial charge in [0.1, 0.15) is 0 Å². The third-order valence-corrected chi connectivity index (χ3v) is 3.10. The van der Waals surface area contributed by atoms with E-state index in [9.17, 15) is 20.0 Å². The Bertz CT molecular complexity index is 766. The van der Waals surface area contributed by atoms with E-state index in [1.165, 1.54) is 14.2 Å². The van der Waals surface area contributed by atoms with Gasteiger partial charge in [-0.2, -0.15) is 0 Å². The van der Waals surface area contributed by atoms with E-state index in [1.54, 1.807) is 18.2 Å². The maximum Gasteiger partial charge on any atom is 1.00 e. The van der Waals surface area contributed by atoms with Crippen LogP contribution in [0.15, 0.2) is 36.4 Å². The van der Waals surface area contributed by atoms with Gasteiger partial charge in [-0.1, -0.05) is 0 Å². The van der Waals surface area contributed by atoms with E-state index >= 15 is 0 Å². The number of ether oxygens (including phenoxy) is 2.